The number of hydrogen-bond donors (Lipinski definition) is 3. The molecule has 0 fully saturated rings. The van der Waals surface area contributed by atoms with Crippen LogP contribution >= 0.6 is 28.1 Å². The van der Waals surface area contributed by atoms with Crippen LogP contribution in [0, 0.1) is 10.6 Å². The van der Waals surface area contributed by atoms with E-state index in [-0.39, 0.29) is 28.6 Å². The van der Waals surface area contributed by atoms with E-state index in [9.17, 15) is 14.0 Å². The maximum Gasteiger partial charge on any atom is 0.259 e. The van der Waals surface area contributed by atoms with E-state index in [1.165, 1.54) is 12.1 Å². The Morgan fingerprint density at radius 2 is 2.00 bits per heavy atom. The van der Waals surface area contributed by atoms with Crippen molar-refractivity contribution in [1.82, 2.24) is 15.3 Å². The van der Waals surface area contributed by atoms with E-state index < -0.39 is 0 Å². The molecule has 0 unspecified atom stereocenters. The highest BCUT2D eigenvalue weighted by molar-refractivity contribution is 9.10. The second kappa shape index (κ2) is 6.66. The van der Waals surface area contributed by atoms with Crippen LogP contribution in [0.25, 0.3) is 10.9 Å². The number of benzene rings is 2. The van der Waals surface area contributed by atoms with Gasteiger partial charge in [-0.25, -0.2) is 4.39 Å². The number of nitrogens with one attached hydrogen (secondary N) is 3. The minimum Gasteiger partial charge on any atom is -0.348 e. The monoisotopic (exact) mass is 407 g/mol. The van der Waals surface area contributed by atoms with Gasteiger partial charge in [0.15, 0.2) is 4.77 Å². The molecule has 0 radical (unpaired) electrons. The van der Waals surface area contributed by atoms with Gasteiger partial charge in [-0.2, -0.15) is 0 Å². The van der Waals surface area contributed by atoms with Crippen LogP contribution in [-0.4, -0.2) is 15.9 Å². The van der Waals surface area contributed by atoms with Crippen molar-refractivity contribution >= 4 is 45.0 Å². The van der Waals surface area contributed by atoms with Crippen molar-refractivity contribution in [2.75, 3.05) is 0 Å². The molecule has 0 aliphatic heterocycles. The molecular weight excluding hydrogens is 397 g/mol. The smallest absolute Gasteiger partial charge is 0.259 e. The van der Waals surface area contributed by atoms with Gasteiger partial charge in [-0.05, 0) is 54.2 Å². The molecule has 122 valence electrons. The van der Waals surface area contributed by atoms with Gasteiger partial charge < -0.3 is 10.3 Å². The third-order valence-corrected chi connectivity index (χ3v) is 4.43. The predicted octanol–water partition coefficient (Wildman–Crippen LogP) is 3.42. The van der Waals surface area contributed by atoms with E-state index in [0.717, 1.165) is 0 Å². The van der Waals surface area contributed by atoms with Crippen LogP contribution in [0.4, 0.5) is 4.39 Å². The molecule has 0 aliphatic carbocycles. The van der Waals surface area contributed by atoms with E-state index in [1.54, 1.807) is 24.3 Å². The number of fused-ring (bicyclic) bond motifs is 1. The third-order valence-electron chi connectivity index (χ3n) is 3.45. The average molecular weight is 408 g/mol. The molecule has 0 spiro atoms. The molecule has 3 N–H and O–H groups in total. The molecule has 0 saturated heterocycles. The number of halogens is 2. The number of carbonyl (C=O) groups excluding carboxylic acids is 1. The van der Waals surface area contributed by atoms with Crippen molar-refractivity contribution in [3.05, 3.63) is 72.9 Å². The van der Waals surface area contributed by atoms with Crippen molar-refractivity contribution in [2.24, 2.45) is 0 Å². The summed E-state index contributed by atoms with van der Waals surface area (Å²) in [5, 5.41) is 3.13. The number of amides is 1. The molecular formula is C16H11BrFN3O2S. The lowest BCUT2D eigenvalue weighted by molar-refractivity contribution is 0.0951. The van der Waals surface area contributed by atoms with Crippen molar-refractivity contribution in [2.45, 2.75) is 6.54 Å². The fourth-order valence-corrected chi connectivity index (χ4v) is 2.86. The van der Waals surface area contributed by atoms with Crippen LogP contribution in [0.1, 0.15) is 15.9 Å². The summed E-state index contributed by atoms with van der Waals surface area (Å²) in [5.41, 5.74) is 1.15. The fraction of sp³-hybridized carbons (Fsp3) is 0.0625. The quantitative estimate of drug-likeness (QED) is 0.582. The number of carbonyl (C=O) groups is 1. The Morgan fingerprint density at radius 1 is 1.21 bits per heavy atom. The Bertz CT molecular complexity index is 1060. The molecule has 1 aromatic heterocycles. The Hall–Kier alpha value is -2.32. The molecule has 8 heteroatoms. The number of rotatable bonds is 3. The number of aromatic nitrogens is 2. The molecule has 0 atom stereocenters. The molecule has 3 aromatic rings. The second-order valence-electron chi connectivity index (χ2n) is 5.09. The van der Waals surface area contributed by atoms with Crippen LogP contribution in [0.3, 0.4) is 0 Å². The maximum atomic E-state index is 13.3. The minimum absolute atomic E-state index is 0.167. The summed E-state index contributed by atoms with van der Waals surface area (Å²) in [5.74, 6) is -0.715. The van der Waals surface area contributed by atoms with Crippen LogP contribution in [-0.2, 0) is 6.54 Å². The highest BCUT2D eigenvalue weighted by Gasteiger charge is 2.09. The van der Waals surface area contributed by atoms with Gasteiger partial charge in [-0.3, -0.25) is 14.6 Å². The lowest BCUT2D eigenvalue weighted by Gasteiger charge is -2.08. The third kappa shape index (κ3) is 3.44. The molecule has 0 bridgehead atoms. The highest BCUT2D eigenvalue weighted by Crippen LogP contribution is 2.18. The van der Waals surface area contributed by atoms with Crippen LogP contribution in [0.5, 0.6) is 0 Å². The maximum absolute atomic E-state index is 13.3. The number of H-pyrrole nitrogens is 2. The standard InChI is InChI=1S/C16H11BrFN3O2S/c17-12-4-2-10(18)5-9(12)7-19-14(22)8-1-3-11-13(6-8)20-16(24)21-15(11)23/h1-6H,7H2,(H,19,22)(H2,20,21,23,24). The molecule has 2 aromatic carbocycles. The van der Waals surface area contributed by atoms with Gasteiger partial charge in [0.05, 0.1) is 10.9 Å². The van der Waals surface area contributed by atoms with E-state index >= 15 is 0 Å². The molecule has 1 amide bonds. The SMILES string of the molecule is O=C(NCc1cc(F)ccc1Br)c1ccc2c(=O)[nH]c(=S)[nH]c2c1. The first kappa shape index (κ1) is 16.5. The van der Waals surface area contributed by atoms with Gasteiger partial charge in [0.2, 0.25) is 0 Å². The molecule has 0 saturated carbocycles. The van der Waals surface area contributed by atoms with Crippen LogP contribution in [0.15, 0.2) is 45.7 Å². The Labute approximate surface area is 149 Å². The lowest BCUT2D eigenvalue weighted by atomic mass is 10.1. The first-order chi connectivity index (χ1) is 11.4. The highest BCUT2D eigenvalue weighted by atomic mass is 79.9. The number of hydrogen-bond acceptors (Lipinski definition) is 3. The Balaban J connectivity index is 1.85. The molecule has 24 heavy (non-hydrogen) atoms. The summed E-state index contributed by atoms with van der Waals surface area (Å²) < 4.78 is 14.2. The van der Waals surface area contributed by atoms with E-state index in [1.807, 2.05) is 0 Å². The van der Waals surface area contributed by atoms with Gasteiger partial charge in [0, 0.05) is 16.6 Å². The van der Waals surface area contributed by atoms with Crippen LogP contribution in [0.2, 0.25) is 0 Å². The Kier molecular flexibility index (Phi) is 4.59. The van der Waals surface area contributed by atoms with Gasteiger partial charge in [0.1, 0.15) is 5.82 Å². The van der Waals surface area contributed by atoms with E-state index in [0.29, 0.717) is 26.5 Å². The first-order valence-electron chi connectivity index (χ1n) is 6.92. The summed E-state index contributed by atoms with van der Waals surface area (Å²) >= 11 is 8.24. The summed E-state index contributed by atoms with van der Waals surface area (Å²) in [7, 11) is 0. The van der Waals surface area contributed by atoms with Gasteiger partial charge in [-0.1, -0.05) is 15.9 Å². The summed E-state index contributed by atoms with van der Waals surface area (Å²) in [6.45, 7) is 0.167. The lowest BCUT2D eigenvalue weighted by Crippen LogP contribution is -2.23. The fourth-order valence-electron chi connectivity index (χ4n) is 2.27. The molecule has 3 rings (SSSR count). The zero-order valence-electron chi connectivity index (χ0n) is 12.2. The van der Waals surface area contributed by atoms with Gasteiger partial charge >= 0.3 is 0 Å². The number of aromatic amines is 2. The average Bonchev–Trinajstić information content (AvgIpc) is 2.54. The normalized spacial score (nSPS) is 10.8. The van der Waals surface area contributed by atoms with Gasteiger partial charge in [0.25, 0.3) is 11.5 Å². The largest absolute Gasteiger partial charge is 0.348 e. The van der Waals surface area contributed by atoms with Crippen molar-refractivity contribution in [3.8, 4) is 0 Å². The summed E-state index contributed by atoms with van der Waals surface area (Å²) in [4.78, 5) is 29.4. The summed E-state index contributed by atoms with van der Waals surface area (Å²) in [6, 6.07) is 8.91. The van der Waals surface area contributed by atoms with E-state index in [2.05, 4.69) is 31.2 Å². The van der Waals surface area contributed by atoms with Crippen molar-refractivity contribution < 1.29 is 9.18 Å². The predicted molar refractivity (Wildman–Crippen MR) is 95.0 cm³/mol. The topological polar surface area (TPSA) is 77.8 Å². The second-order valence-corrected chi connectivity index (χ2v) is 6.35. The first-order valence-corrected chi connectivity index (χ1v) is 8.12. The van der Waals surface area contributed by atoms with Gasteiger partial charge in [-0.15, -0.1) is 0 Å². The van der Waals surface area contributed by atoms with E-state index in [4.69, 9.17) is 12.2 Å². The molecule has 5 nitrogen and oxygen atoms in total. The zero-order valence-corrected chi connectivity index (χ0v) is 14.6. The molecule has 1 heterocycles. The minimum atomic E-state index is -0.375. The zero-order chi connectivity index (χ0) is 17.3. The van der Waals surface area contributed by atoms with Crippen molar-refractivity contribution in [1.29, 1.82) is 0 Å². The molecule has 0 aliphatic rings. The van der Waals surface area contributed by atoms with Crippen molar-refractivity contribution in [3.63, 3.8) is 0 Å². The summed E-state index contributed by atoms with van der Waals surface area (Å²) in [6.07, 6.45) is 0. The van der Waals surface area contributed by atoms with Crippen LogP contribution < -0.4 is 10.9 Å². The Morgan fingerprint density at radius 3 is 2.79 bits per heavy atom.